The van der Waals surface area contributed by atoms with Crippen LogP contribution < -0.4 is 5.32 Å². The summed E-state index contributed by atoms with van der Waals surface area (Å²) in [5.41, 5.74) is 1.55. The maximum atomic E-state index is 4.12. The van der Waals surface area contributed by atoms with Crippen LogP contribution in [0, 0.1) is 5.41 Å². The summed E-state index contributed by atoms with van der Waals surface area (Å²) in [6, 6.07) is 0. The average Bonchev–Trinajstić information content (AvgIpc) is 2.14. The molecule has 0 heterocycles. The van der Waals surface area contributed by atoms with Crippen LogP contribution in [0.25, 0.3) is 0 Å². The molecule has 1 N–H and O–H groups in total. The molecule has 0 spiro atoms. The number of rotatable bonds is 9. The molecule has 1 nitrogen and oxygen atoms in total. The van der Waals surface area contributed by atoms with Crippen molar-refractivity contribution in [2.24, 2.45) is 5.41 Å². The van der Waals surface area contributed by atoms with Gasteiger partial charge in [0, 0.05) is 0 Å². The third-order valence-corrected chi connectivity index (χ3v) is 4.72. The molecule has 17 heavy (non-hydrogen) atoms. The average molecular weight is 257 g/mol. The van der Waals surface area contributed by atoms with E-state index in [9.17, 15) is 0 Å². The summed E-state index contributed by atoms with van der Waals surface area (Å²) in [4.78, 5) is 0. The molecule has 0 rings (SSSR count). The van der Waals surface area contributed by atoms with Gasteiger partial charge in [-0.3, -0.25) is 0 Å². The first-order chi connectivity index (χ1) is 7.66. The Morgan fingerprint density at radius 1 is 1.29 bits per heavy atom. The molecule has 0 aliphatic carbocycles. The standard InChI is InChI=1S/C15H32NP/c1-8-9-11-16-14(2)13-15(3,4)10-12-17(5,6)7/h8,16-17H,1-2,9-13H2,3-7H3. The normalized spacial score (nSPS) is 13.2. The number of hydrogen-bond donors (Lipinski definition) is 1. The molecule has 0 aliphatic heterocycles. The van der Waals surface area contributed by atoms with Crippen molar-refractivity contribution >= 4 is 7.26 Å². The summed E-state index contributed by atoms with van der Waals surface area (Å²) >= 11 is 0. The summed E-state index contributed by atoms with van der Waals surface area (Å²) in [5, 5.41) is 3.38. The number of allylic oxidation sites excluding steroid dienone is 1. The number of nitrogens with one attached hydrogen (secondary N) is 1. The third kappa shape index (κ3) is 10.6. The molecule has 0 unspecified atom stereocenters. The maximum absolute atomic E-state index is 4.12. The molecule has 0 aromatic rings. The van der Waals surface area contributed by atoms with E-state index in [1.54, 1.807) is 0 Å². The van der Waals surface area contributed by atoms with Crippen molar-refractivity contribution < 1.29 is 0 Å². The fourth-order valence-electron chi connectivity index (χ4n) is 1.79. The third-order valence-electron chi connectivity index (χ3n) is 2.97. The van der Waals surface area contributed by atoms with Gasteiger partial charge in [-0.1, -0.05) is 0 Å². The molecule has 0 radical (unpaired) electrons. The minimum atomic E-state index is -0.913. The Kier molecular flexibility index (Phi) is 7.09. The molecule has 0 fully saturated rings. The van der Waals surface area contributed by atoms with Crippen LogP contribution in [-0.2, 0) is 0 Å². The molecule has 2 heteroatoms. The van der Waals surface area contributed by atoms with E-state index in [1.165, 1.54) is 18.3 Å². The monoisotopic (exact) mass is 257 g/mol. The zero-order valence-corrected chi connectivity index (χ0v) is 13.5. The molecule has 102 valence electrons. The van der Waals surface area contributed by atoms with E-state index >= 15 is 0 Å². The van der Waals surface area contributed by atoms with Crippen LogP contribution in [0.1, 0.15) is 33.1 Å². The van der Waals surface area contributed by atoms with Crippen molar-refractivity contribution in [1.29, 1.82) is 0 Å². The van der Waals surface area contributed by atoms with E-state index in [0.717, 1.165) is 19.4 Å². The van der Waals surface area contributed by atoms with Crippen molar-refractivity contribution in [2.75, 3.05) is 32.7 Å². The Labute approximate surface area is 109 Å². The second-order valence-corrected chi connectivity index (χ2v) is 12.6. The first-order valence-electron chi connectivity index (χ1n) is 6.69. The molecule has 0 saturated heterocycles. The second-order valence-electron chi connectivity index (χ2n) is 7.01. The molecule has 0 aromatic carbocycles. The first-order valence-corrected chi connectivity index (χ1v) is 10.4. The molecule has 0 bridgehead atoms. The van der Waals surface area contributed by atoms with E-state index in [4.69, 9.17) is 0 Å². The van der Waals surface area contributed by atoms with Gasteiger partial charge in [-0.25, -0.2) is 0 Å². The first kappa shape index (κ1) is 16.7. The quantitative estimate of drug-likeness (QED) is 0.372. The Bertz CT molecular complexity index is 248. The van der Waals surface area contributed by atoms with Gasteiger partial charge in [0.1, 0.15) is 0 Å². The second kappa shape index (κ2) is 7.21. The summed E-state index contributed by atoms with van der Waals surface area (Å²) in [6.45, 7) is 20.9. The van der Waals surface area contributed by atoms with Gasteiger partial charge in [0.05, 0.1) is 0 Å². The van der Waals surface area contributed by atoms with Gasteiger partial charge in [0.25, 0.3) is 0 Å². The van der Waals surface area contributed by atoms with Gasteiger partial charge in [-0.15, -0.1) is 0 Å². The van der Waals surface area contributed by atoms with Crippen molar-refractivity contribution in [1.82, 2.24) is 5.32 Å². The van der Waals surface area contributed by atoms with E-state index in [-0.39, 0.29) is 0 Å². The van der Waals surface area contributed by atoms with E-state index < -0.39 is 7.26 Å². The van der Waals surface area contributed by atoms with Crippen LogP contribution in [0.15, 0.2) is 24.9 Å². The summed E-state index contributed by atoms with van der Waals surface area (Å²) < 4.78 is 0. The van der Waals surface area contributed by atoms with Crippen molar-refractivity contribution in [3.8, 4) is 0 Å². The van der Waals surface area contributed by atoms with Crippen LogP contribution in [0.2, 0.25) is 0 Å². The zero-order valence-electron chi connectivity index (χ0n) is 12.5. The van der Waals surface area contributed by atoms with Gasteiger partial charge in [-0.05, 0) is 0 Å². The fraction of sp³-hybridized carbons (Fsp3) is 0.733. The zero-order chi connectivity index (χ0) is 13.5. The van der Waals surface area contributed by atoms with Gasteiger partial charge in [0.2, 0.25) is 0 Å². The van der Waals surface area contributed by atoms with Crippen molar-refractivity contribution in [3.63, 3.8) is 0 Å². The molecular weight excluding hydrogens is 225 g/mol. The molecule has 0 aromatic heterocycles. The van der Waals surface area contributed by atoms with Crippen LogP contribution in [0.3, 0.4) is 0 Å². The molecular formula is C15H32NP. The predicted molar refractivity (Wildman–Crippen MR) is 85.9 cm³/mol. The summed E-state index contributed by atoms with van der Waals surface area (Å²) in [6.07, 6.45) is 6.74. The van der Waals surface area contributed by atoms with Gasteiger partial charge < -0.3 is 0 Å². The number of hydrogen-bond acceptors (Lipinski definition) is 1. The Morgan fingerprint density at radius 3 is 2.35 bits per heavy atom. The topological polar surface area (TPSA) is 12.0 Å². The SMILES string of the molecule is C=CCCNC(=C)CC(C)(C)CC[PH](C)(C)C. The summed E-state index contributed by atoms with van der Waals surface area (Å²) in [5.74, 6) is 0. The minimum absolute atomic E-state index is 0.374. The van der Waals surface area contributed by atoms with Gasteiger partial charge in [-0.2, -0.15) is 0 Å². The predicted octanol–water partition coefficient (Wildman–Crippen LogP) is 4.11. The van der Waals surface area contributed by atoms with E-state index in [2.05, 4.69) is 52.3 Å². The molecule has 0 aliphatic rings. The summed E-state index contributed by atoms with van der Waals surface area (Å²) in [7, 11) is -0.913. The van der Waals surface area contributed by atoms with Crippen LogP contribution in [0.4, 0.5) is 0 Å². The molecule has 0 atom stereocenters. The van der Waals surface area contributed by atoms with Crippen molar-refractivity contribution in [3.05, 3.63) is 24.9 Å². The van der Waals surface area contributed by atoms with Crippen LogP contribution >= 0.6 is 7.26 Å². The molecule has 0 saturated carbocycles. The Balaban J connectivity index is 3.98. The molecule has 0 amide bonds. The van der Waals surface area contributed by atoms with E-state index in [0.29, 0.717) is 5.41 Å². The van der Waals surface area contributed by atoms with Gasteiger partial charge >= 0.3 is 109 Å². The Morgan fingerprint density at radius 2 is 1.88 bits per heavy atom. The fourth-order valence-corrected chi connectivity index (χ4v) is 3.22. The van der Waals surface area contributed by atoms with Crippen LogP contribution in [0.5, 0.6) is 0 Å². The van der Waals surface area contributed by atoms with Crippen molar-refractivity contribution in [2.45, 2.75) is 33.1 Å². The van der Waals surface area contributed by atoms with E-state index in [1.807, 2.05) is 6.08 Å². The Hall–Kier alpha value is -0.290. The van der Waals surface area contributed by atoms with Crippen LogP contribution in [-0.4, -0.2) is 32.7 Å². The van der Waals surface area contributed by atoms with Gasteiger partial charge in [0.15, 0.2) is 0 Å².